The smallest absolute Gasteiger partial charge is 0.0346 e. The SMILES string of the molecule is CCCc1cc(Cc2ccc(CCCc3ccc(Cc4ccc(N)c(CCC)c4)cc3)cc2)ccc1N. The molecule has 0 atom stereocenters. The Kier molecular flexibility index (Phi) is 9.43. The van der Waals surface area contributed by atoms with E-state index in [2.05, 4.69) is 98.8 Å². The number of aryl methyl sites for hydroxylation is 4. The van der Waals surface area contributed by atoms with Crippen molar-refractivity contribution < 1.29 is 0 Å². The van der Waals surface area contributed by atoms with Crippen LogP contribution in [0.2, 0.25) is 0 Å². The van der Waals surface area contributed by atoms with Gasteiger partial charge in [-0.1, -0.05) is 99.5 Å². The van der Waals surface area contributed by atoms with Gasteiger partial charge in [0.1, 0.15) is 0 Å². The van der Waals surface area contributed by atoms with Crippen LogP contribution < -0.4 is 11.5 Å². The monoisotopic (exact) mass is 490 g/mol. The summed E-state index contributed by atoms with van der Waals surface area (Å²) in [5.74, 6) is 0. The standard InChI is InChI=1S/C35H42N2/c1-3-6-32-24-30(18-20-34(32)36)22-28-14-10-26(11-15-28)8-5-9-27-12-16-29(17-13-27)23-31-19-21-35(37)33(25-31)7-4-2/h10-21,24-25H,3-9,22-23,36-37H2,1-2H3. The van der Waals surface area contributed by atoms with E-state index in [0.717, 1.165) is 69.2 Å². The predicted molar refractivity (Wildman–Crippen MR) is 160 cm³/mol. The van der Waals surface area contributed by atoms with Gasteiger partial charge >= 0.3 is 0 Å². The summed E-state index contributed by atoms with van der Waals surface area (Å²) in [6, 6.07) is 31.3. The second kappa shape index (κ2) is 13.1. The predicted octanol–water partition coefficient (Wildman–Crippen LogP) is 8.11. The van der Waals surface area contributed by atoms with E-state index in [-0.39, 0.29) is 0 Å². The van der Waals surface area contributed by atoms with Gasteiger partial charge in [0, 0.05) is 11.4 Å². The fourth-order valence-electron chi connectivity index (χ4n) is 5.13. The van der Waals surface area contributed by atoms with Crippen LogP contribution in [0.15, 0.2) is 84.9 Å². The highest BCUT2D eigenvalue weighted by molar-refractivity contribution is 5.50. The Hall–Kier alpha value is -3.52. The zero-order valence-electron chi connectivity index (χ0n) is 22.6. The second-order valence-corrected chi connectivity index (χ2v) is 10.4. The molecule has 0 saturated heterocycles. The van der Waals surface area contributed by atoms with Crippen molar-refractivity contribution in [3.8, 4) is 0 Å². The summed E-state index contributed by atoms with van der Waals surface area (Å²) in [6.45, 7) is 4.40. The fourth-order valence-corrected chi connectivity index (χ4v) is 5.13. The highest BCUT2D eigenvalue weighted by atomic mass is 14.6. The summed E-state index contributed by atoms with van der Waals surface area (Å²) >= 11 is 0. The summed E-state index contributed by atoms with van der Waals surface area (Å²) in [5.41, 5.74) is 24.9. The van der Waals surface area contributed by atoms with E-state index in [9.17, 15) is 0 Å². The number of benzene rings is 4. The van der Waals surface area contributed by atoms with E-state index >= 15 is 0 Å². The first-order chi connectivity index (χ1) is 18.0. The van der Waals surface area contributed by atoms with Crippen LogP contribution in [-0.4, -0.2) is 0 Å². The maximum absolute atomic E-state index is 6.13. The first kappa shape index (κ1) is 26.5. The molecule has 0 aliphatic rings. The van der Waals surface area contributed by atoms with Crippen LogP contribution in [0.3, 0.4) is 0 Å². The Morgan fingerprint density at radius 1 is 0.432 bits per heavy atom. The third-order valence-electron chi connectivity index (χ3n) is 7.25. The quantitative estimate of drug-likeness (QED) is 0.197. The number of nitrogen functional groups attached to an aromatic ring is 2. The maximum atomic E-state index is 6.13. The number of hydrogen-bond acceptors (Lipinski definition) is 2. The van der Waals surface area contributed by atoms with Gasteiger partial charge in [-0.05, 0) is 102 Å². The third-order valence-corrected chi connectivity index (χ3v) is 7.25. The molecule has 4 aromatic carbocycles. The van der Waals surface area contributed by atoms with Crippen molar-refractivity contribution in [3.05, 3.63) is 129 Å². The van der Waals surface area contributed by atoms with E-state index in [1.165, 1.54) is 44.5 Å². The highest BCUT2D eigenvalue weighted by Gasteiger charge is 2.05. The Morgan fingerprint density at radius 2 is 0.784 bits per heavy atom. The lowest BCUT2D eigenvalue weighted by Gasteiger charge is -2.10. The van der Waals surface area contributed by atoms with E-state index in [1.807, 2.05) is 0 Å². The van der Waals surface area contributed by atoms with E-state index in [0.29, 0.717) is 0 Å². The fraction of sp³-hybridized carbons (Fsp3) is 0.314. The topological polar surface area (TPSA) is 52.0 Å². The van der Waals surface area contributed by atoms with Gasteiger partial charge in [-0.2, -0.15) is 0 Å². The minimum absolute atomic E-state index is 0.915. The van der Waals surface area contributed by atoms with Crippen LogP contribution in [0.1, 0.15) is 77.6 Å². The van der Waals surface area contributed by atoms with Crippen LogP contribution in [0.5, 0.6) is 0 Å². The van der Waals surface area contributed by atoms with Gasteiger partial charge in [0.25, 0.3) is 0 Å². The molecular weight excluding hydrogens is 448 g/mol. The first-order valence-corrected chi connectivity index (χ1v) is 13.9. The van der Waals surface area contributed by atoms with Crippen LogP contribution >= 0.6 is 0 Å². The average Bonchev–Trinajstić information content (AvgIpc) is 2.90. The lowest BCUT2D eigenvalue weighted by Crippen LogP contribution is -1.97. The van der Waals surface area contributed by atoms with Gasteiger partial charge in [0.05, 0.1) is 0 Å². The van der Waals surface area contributed by atoms with Crippen LogP contribution in [-0.2, 0) is 38.5 Å². The van der Waals surface area contributed by atoms with Gasteiger partial charge in [0.15, 0.2) is 0 Å². The number of nitrogens with two attached hydrogens (primary N) is 2. The van der Waals surface area contributed by atoms with Crippen molar-refractivity contribution in [2.24, 2.45) is 0 Å². The van der Waals surface area contributed by atoms with Crippen LogP contribution in [0.25, 0.3) is 0 Å². The molecule has 37 heavy (non-hydrogen) atoms. The number of anilines is 2. The summed E-state index contributed by atoms with van der Waals surface area (Å²) in [4.78, 5) is 0. The lowest BCUT2D eigenvalue weighted by atomic mass is 9.97. The summed E-state index contributed by atoms with van der Waals surface area (Å²) in [5, 5.41) is 0. The Morgan fingerprint density at radius 3 is 1.16 bits per heavy atom. The van der Waals surface area contributed by atoms with E-state index in [4.69, 9.17) is 11.5 Å². The zero-order chi connectivity index (χ0) is 26.0. The molecule has 0 saturated carbocycles. The molecule has 192 valence electrons. The van der Waals surface area contributed by atoms with Gasteiger partial charge in [-0.25, -0.2) is 0 Å². The second-order valence-electron chi connectivity index (χ2n) is 10.4. The average molecular weight is 491 g/mol. The van der Waals surface area contributed by atoms with E-state index in [1.54, 1.807) is 0 Å². The van der Waals surface area contributed by atoms with Crippen molar-refractivity contribution in [3.63, 3.8) is 0 Å². The maximum Gasteiger partial charge on any atom is 0.0346 e. The minimum Gasteiger partial charge on any atom is -0.399 e. The molecule has 0 amide bonds. The van der Waals surface area contributed by atoms with Crippen molar-refractivity contribution in [2.75, 3.05) is 11.5 Å². The normalized spacial score (nSPS) is 11.1. The van der Waals surface area contributed by atoms with E-state index < -0.39 is 0 Å². The first-order valence-electron chi connectivity index (χ1n) is 13.9. The summed E-state index contributed by atoms with van der Waals surface area (Å²) in [7, 11) is 0. The molecule has 0 bridgehead atoms. The van der Waals surface area contributed by atoms with Crippen LogP contribution in [0.4, 0.5) is 11.4 Å². The molecule has 0 heterocycles. The van der Waals surface area contributed by atoms with Crippen LogP contribution in [0, 0.1) is 0 Å². The molecule has 0 aliphatic heterocycles. The Bertz CT molecular complexity index is 1170. The largest absolute Gasteiger partial charge is 0.399 e. The van der Waals surface area contributed by atoms with Crippen molar-refractivity contribution >= 4 is 11.4 Å². The van der Waals surface area contributed by atoms with Crippen molar-refractivity contribution in [1.29, 1.82) is 0 Å². The van der Waals surface area contributed by atoms with Gasteiger partial charge in [-0.15, -0.1) is 0 Å². The number of rotatable bonds is 12. The molecular formula is C35H42N2. The molecule has 0 unspecified atom stereocenters. The molecule has 2 heteroatoms. The van der Waals surface area contributed by atoms with Crippen molar-refractivity contribution in [1.82, 2.24) is 0 Å². The lowest BCUT2D eigenvalue weighted by molar-refractivity contribution is 0.819. The molecule has 0 fully saturated rings. The molecule has 0 spiro atoms. The molecule has 4 rings (SSSR count). The molecule has 0 aromatic heterocycles. The van der Waals surface area contributed by atoms with Crippen molar-refractivity contribution in [2.45, 2.75) is 71.6 Å². The van der Waals surface area contributed by atoms with Gasteiger partial charge < -0.3 is 11.5 Å². The molecule has 0 radical (unpaired) electrons. The molecule has 2 nitrogen and oxygen atoms in total. The number of hydrogen-bond donors (Lipinski definition) is 2. The Labute approximate surface area is 223 Å². The van der Waals surface area contributed by atoms with Gasteiger partial charge in [-0.3, -0.25) is 0 Å². The Balaban J connectivity index is 1.25. The van der Waals surface area contributed by atoms with Gasteiger partial charge in [0.2, 0.25) is 0 Å². The minimum atomic E-state index is 0.915. The highest BCUT2D eigenvalue weighted by Crippen LogP contribution is 2.21. The molecule has 4 aromatic rings. The summed E-state index contributed by atoms with van der Waals surface area (Å²) in [6.07, 6.45) is 9.63. The third kappa shape index (κ3) is 7.73. The summed E-state index contributed by atoms with van der Waals surface area (Å²) < 4.78 is 0. The zero-order valence-corrected chi connectivity index (χ0v) is 22.6. The molecule has 4 N–H and O–H groups in total. The molecule has 0 aliphatic carbocycles.